The molecule has 3 aromatic rings. The molecule has 0 aromatic heterocycles. The number of unbranched alkanes of at least 4 members (excludes halogenated alkanes) is 1. The zero-order valence-electron chi connectivity index (χ0n) is 19.6. The molecule has 0 radical (unpaired) electrons. The van der Waals surface area contributed by atoms with Crippen LogP contribution in [0.3, 0.4) is 0 Å². The SMILES string of the molecule is CCCCc1ccc(N2C(=O)C(Nc3ccc(OC)c(OC)c3)=C(c3ccccc3)C2=O)cc1. The van der Waals surface area contributed by atoms with Crippen molar-refractivity contribution >= 4 is 28.8 Å². The topological polar surface area (TPSA) is 67.9 Å². The Kier molecular flexibility index (Phi) is 6.97. The van der Waals surface area contributed by atoms with Gasteiger partial charge in [-0.1, -0.05) is 55.8 Å². The molecule has 174 valence electrons. The maximum absolute atomic E-state index is 13.6. The molecular formula is C28H28N2O4. The molecule has 1 aliphatic rings. The smallest absolute Gasteiger partial charge is 0.282 e. The standard InChI is InChI=1S/C28H28N2O4/c1-4-5-9-19-12-15-22(16-13-19)30-27(31)25(20-10-7-6-8-11-20)26(28(30)32)29-21-14-17-23(33-2)24(18-21)34-3/h6-8,10-18,29H,4-5,9H2,1-3H3. The summed E-state index contributed by atoms with van der Waals surface area (Å²) in [6.45, 7) is 2.15. The number of aryl methyl sites for hydroxylation is 1. The Morgan fingerprint density at radius 2 is 1.53 bits per heavy atom. The fourth-order valence-electron chi connectivity index (χ4n) is 4.00. The second-order valence-electron chi connectivity index (χ2n) is 8.03. The number of hydrogen-bond donors (Lipinski definition) is 1. The quantitative estimate of drug-likeness (QED) is 0.434. The van der Waals surface area contributed by atoms with Gasteiger partial charge in [0.25, 0.3) is 11.8 Å². The van der Waals surface area contributed by atoms with Crippen LogP contribution in [0.1, 0.15) is 30.9 Å². The first-order valence-corrected chi connectivity index (χ1v) is 11.3. The van der Waals surface area contributed by atoms with E-state index >= 15 is 0 Å². The van der Waals surface area contributed by atoms with Crippen molar-refractivity contribution < 1.29 is 19.1 Å². The fourth-order valence-corrected chi connectivity index (χ4v) is 4.00. The highest BCUT2D eigenvalue weighted by molar-refractivity contribution is 6.46. The molecule has 6 nitrogen and oxygen atoms in total. The lowest BCUT2D eigenvalue weighted by Crippen LogP contribution is -2.32. The van der Waals surface area contributed by atoms with Gasteiger partial charge < -0.3 is 14.8 Å². The van der Waals surface area contributed by atoms with E-state index in [1.165, 1.54) is 10.5 Å². The molecule has 0 unspecified atom stereocenters. The summed E-state index contributed by atoms with van der Waals surface area (Å²) in [6.07, 6.45) is 3.18. The summed E-state index contributed by atoms with van der Waals surface area (Å²) in [5.74, 6) is 0.329. The van der Waals surface area contributed by atoms with Crippen LogP contribution in [0.5, 0.6) is 11.5 Å². The summed E-state index contributed by atoms with van der Waals surface area (Å²) in [7, 11) is 3.11. The van der Waals surface area contributed by atoms with Crippen molar-refractivity contribution in [3.05, 3.63) is 89.6 Å². The van der Waals surface area contributed by atoms with Crippen molar-refractivity contribution in [2.24, 2.45) is 0 Å². The lowest BCUT2D eigenvalue weighted by Gasteiger charge is -2.16. The van der Waals surface area contributed by atoms with Gasteiger partial charge in [-0.2, -0.15) is 0 Å². The third kappa shape index (κ3) is 4.53. The van der Waals surface area contributed by atoms with Gasteiger partial charge in [0.15, 0.2) is 11.5 Å². The van der Waals surface area contributed by atoms with Crippen molar-refractivity contribution in [2.45, 2.75) is 26.2 Å². The molecule has 0 spiro atoms. The molecule has 0 fully saturated rings. The van der Waals surface area contributed by atoms with Crippen LogP contribution in [0.25, 0.3) is 5.57 Å². The molecule has 0 bridgehead atoms. The number of methoxy groups -OCH3 is 2. The maximum Gasteiger partial charge on any atom is 0.282 e. The Hall–Kier alpha value is -4.06. The minimum Gasteiger partial charge on any atom is -0.493 e. The van der Waals surface area contributed by atoms with Crippen LogP contribution in [0.15, 0.2) is 78.5 Å². The number of amides is 2. The first-order chi connectivity index (χ1) is 16.6. The van der Waals surface area contributed by atoms with E-state index in [1.807, 2.05) is 54.6 Å². The lowest BCUT2D eigenvalue weighted by atomic mass is 10.0. The fraction of sp³-hybridized carbons (Fsp3) is 0.214. The van der Waals surface area contributed by atoms with Crippen LogP contribution in [0, 0.1) is 0 Å². The highest BCUT2D eigenvalue weighted by Gasteiger charge is 2.40. The van der Waals surface area contributed by atoms with Gasteiger partial charge in [-0.25, -0.2) is 4.90 Å². The first-order valence-electron chi connectivity index (χ1n) is 11.3. The summed E-state index contributed by atoms with van der Waals surface area (Å²) in [5, 5.41) is 3.17. The molecule has 34 heavy (non-hydrogen) atoms. The molecule has 1 aliphatic heterocycles. The Labute approximate surface area is 199 Å². The zero-order valence-corrected chi connectivity index (χ0v) is 19.6. The normalized spacial score (nSPS) is 13.4. The number of ether oxygens (including phenoxy) is 2. The third-order valence-electron chi connectivity index (χ3n) is 5.81. The predicted molar refractivity (Wildman–Crippen MR) is 134 cm³/mol. The highest BCUT2D eigenvalue weighted by Crippen LogP contribution is 2.36. The number of rotatable bonds is 9. The number of benzene rings is 3. The lowest BCUT2D eigenvalue weighted by molar-refractivity contribution is -0.120. The average molecular weight is 457 g/mol. The van der Waals surface area contributed by atoms with Gasteiger partial charge in [-0.05, 0) is 48.2 Å². The van der Waals surface area contributed by atoms with Gasteiger partial charge >= 0.3 is 0 Å². The summed E-state index contributed by atoms with van der Waals surface area (Å²) < 4.78 is 10.7. The maximum atomic E-state index is 13.6. The number of imide groups is 1. The van der Waals surface area contributed by atoms with Gasteiger partial charge in [0.05, 0.1) is 25.5 Å². The summed E-state index contributed by atoms with van der Waals surface area (Å²) >= 11 is 0. The van der Waals surface area contributed by atoms with Gasteiger partial charge in [-0.15, -0.1) is 0 Å². The van der Waals surface area contributed by atoms with Gasteiger partial charge in [0.2, 0.25) is 0 Å². The van der Waals surface area contributed by atoms with Crippen LogP contribution >= 0.6 is 0 Å². The van der Waals surface area contributed by atoms with E-state index < -0.39 is 5.91 Å². The molecule has 4 rings (SSSR count). The summed E-state index contributed by atoms with van der Waals surface area (Å²) in [4.78, 5) is 28.4. The minimum absolute atomic E-state index is 0.221. The predicted octanol–water partition coefficient (Wildman–Crippen LogP) is 5.44. The Bertz CT molecular complexity index is 1220. The number of nitrogens with one attached hydrogen (secondary N) is 1. The van der Waals surface area contributed by atoms with E-state index in [0.29, 0.717) is 34.0 Å². The van der Waals surface area contributed by atoms with E-state index in [-0.39, 0.29) is 11.6 Å². The molecule has 0 aliphatic carbocycles. The van der Waals surface area contributed by atoms with Crippen molar-refractivity contribution in [1.29, 1.82) is 0 Å². The Morgan fingerprint density at radius 1 is 0.824 bits per heavy atom. The second-order valence-corrected chi connectivity index (χ2v) is 8.03. The average Bonchev–Trinajstić information content (AvgIpc) is 3.12. The molecule has 1 N–H and O–H groups in total. The molecule has 3 aromatic carbocycles. The number of carbonyl (C=O) groups excluding carboxylic acids is 2. The van der Waals surface area contributed by atoms with Gasteiger partial charge in [-0.3, -0.25) is 9.59 Å². The molecule has 2 amide bonds. The van der Waals surface area contributed by atoms with Crippen molar-refractivity contribution in [1.82, 2.24) is 0 Å². The largest absolute Gasteiger partial charge is 0.493 e. The molecule has 1 heterocycles. The number of carbonyl (C=O) groups is 2. The minimum atomic E-state index is -0.403. The van der Waals surface area contributed by atoms with Crippen LogP contribution < -0.4 is 19.7 Å². The number of hydrogen-bond acceptors (Lipinski definition) is 5. The summed E-state index contributed by atoms with van der Waals surface area (Å²) in [5.41, 5.74) is 3.57. The Balaban J connectivity index is 1.72. The molecular weight excluding hydrogens is 428 g/mol. The number of anilines is 2. The van der Waals surface area contributed by atoms with Crippen LogP contribution in [0.4, 0.5) is 11.4 Å². The zero-order chi connectivity index (χ0) is 24.1. The molecule has 0 atom stereocenters. The summed E-state index contributed by atoms with van der Waals surface area (Å²) in [6, 6.07) is 22.1. The molecule has 6 heteroatoms. The third-order valence-corrected chi connectivity index (χ3v) is 5.81. The van der Waals surface area contributed by atoms with Crippen LogP contribution in [0.2, 0.25) is 0 Å². The van der Waals surface area contributed by atoms with E-state index in [0.717, 1.165) is 19.3 Å². The van der Waals surface area contributed by atoms with Gasteiger partial charge in [0, 0.05) is 11.8 Å². The molecule has 0 saturated carbocycles. The van der Waals surface area contributed by atoms with Crippen molar-refractivity contribution in [3.63, 3.8) is 0 Å². The highest BCUT2D eigenvalue weighted by atomic mass is 16.5. The van der Waals surface area contributed by atoms with E-state index in [2.05, 4.69) is 12.2 Å². The molecule has 0 saturated heterocycles. The number of nitrogens with zero attached hydrogens (tertiary/aromatic N) is 1. The second kappa shape index (κ2) is 10.3. The van der Waals surface area contributed by atoms with Gasteiger partial charge in [0.1, 0.15) is 5.70 Å². The van der Waals surface area contributed by atoms with Crippen molar-refractivity contribution in [2.75, 3.05) is 24.4 Å². The van der Waals surface area contributed by atoms with Crippen LogP contribution in [-0.2, 0) is 16.0 Å². The monoisotopic (exact) mass is 456 g/mol. The van der Waals surface area contributed by atoms with E-state index in [9.17, 15) is 9.59 Å². The Morgan fingerprint density at radius 3 is 2.18 bits per heavy atom. The first kappa shape index (κ1) is 23.1. The van der Waals surface area contributed by atoms with E-state index in [1.54, 1.807) is 32.4 Å². The van der Waals surface area contributed by atoms with Crippen molar-refractivity contribution in [3.8, 4) is 11.5 Å². The van der Waals surface area contributed by atoms with E-state index in [4.69, 9.17) is 9.47 Å². The van der Waals surface area contributed by atoms with Crippen LogP contribution in [-0.4, -0.2) is 26.0 Å².